The van der Waals surface area contributed by atoms with Crippen LogP contribution < -0.4 is 10.1 Å². The van der Waals surface area contributed by atoms with Gasteiger partial charge in [-0.1, -0.05) is 35.9 Å². The molecule has 0 aliphatic rings. The Morgan fingerprint density at radius 2 is 1.96 bits per heavy atom. The minimum absolute atomic E-state index is 0.153. The highest BCUT2D eigenvalue weighted by Gasteiger charge is 2.23. The van der Waals surface area contributed by atoms with Crippen molar-refractivity contribution in [1.82, 2.24) is 15.1 Å². The van der Waals surface area contributed by atoms with Crippen molar-refractivity contribution >= 4 is 17.5 Å². The van der Waals surface area contributed by atoms with E-state index in [1.165, 1.54) is 23.9 Å². The zero-order valence-corrected chi connectivity index (χ0v) is 15.9. The fourth-order valence-corrected chi connectivity index (χ4v) is 3.16. The first-order valence-electron chi connectivity index (χ1n) is 8.37. The molecule has 0 saturated carbocycles. The number of hydrogen-bond donors (Lipinski definition) is 1. The van der Waals surface area contributed by atoms with Crippen LogP contribution >= 0.6 is 11.6 Å². The first-order chi connectivity index (χ1) is 12.9. The fraction of sp³-hybridized carbons (Fsp3) is 0.200. The summed E-state index contributed by atoms with van der Waals surface area (Å²) in [6, 6.07) is 13.5. The summed E-state index contributed by atoms with van der Waals surface area (Å²) in [5.74, 6) is -0.703. The zero-order chi connectivity index (χ0) is 19.6. The second-order valence-electron chi connectivity index (χ2n) is 6.09. The number of methoxy groups -OCH3 is 1. The Morgan fingerprint density at radius 1 is 1.26 bits per heavy atom. The number of amides is 1. The molecule has 1 unspecified atom stereocenters. The third-order valence-electron chi connectivity index (χ3n) is 4.26. The maximum absolute atomic E-state index is 13.9. The molecular formula is C20H19ClFN3O2. The number of nitrogens with one attached hydrogen (secondary N) is 1. The molecule has 1 N–H and O–H groups in total. The number of carbonyl (C=O) groups is 1. The van der Waals surface area contributed by atoms with Gasteiger partial charge in [-0.2, -0.15) is 5.10 Å². The molecule has 3 rings (SSSR count). The topological polar surface area (TPSA) is 56.1 Å². The van der Waals surface area contributed by atoms with Crippen molar-refractivity contribution < 1.29 is 13.9 Å². The molecule has 0 bridgehead atoms. The molecule has 27 heavy (non-hydrogen) atoms. The predicted octanol–water partition coefficient (Wildman–Crippen LogP) is 4.47. The maximum atomic E-state index is 13.9. The van der Waals surface area contributed by atoms with Crippen LogP contribution in [0.4, 0.5) is 4.39 Å². The molecule has 0 aliphatic carbocycles. The summed E-state index contributed by atoms with van der Waals surface area (Å²) in [6.07, 6.45) is 0. The number of para-hydroxylation sites is 1. The summed E-state index contributed by atoms with van der Waals surface area (Å²) < 4.78 is 20.4. The number of aromatic nitrogens is 2. The van der Waals surface area contributed by atoms with Crippen LogP contribution in [0.5, 0.6) is 5.75 Å². The lowest BCUT2D eigenvalue weighted by molar-refractivity contribution is 0.0939. The molecule has 0 spiro atoms. The van der Waals surface area contributed by atoms with Gasteiger partial charge in [0.25, 0.3) is 5.91 Å². The number of aryl methyl sites for hydroxylation is 1. The summed E-state index contributed by atoms with van der Waals surface area (Å²) >= 11 is 6.42. The van der Waals surface area contributed by atoms with Crippen LogP contribution in [0, 0.1) is 12.7 Å². The number of benzene rings is 2. The SMILES string of the molecule is COc1ccc(C(C)NC(=O)c2c(C)nn(-c3ccccc3)c2Cl)cc1F. The van der Waals surface area contributed by atoms with Gasteiger partial charge in [0.15, 0.2) is 11.6 Å². The van der Waals surface area contributed by atoms with E-state index in [0.29, 0.717) is 16.8 Å². The molecule has 0 saturated heterocycles. The fourth-order valence-electron chi connectivity index (χ4n) is 2.80. The van der Waals surface area contributed by atoms with Crippen molar-refractivity contribution in [2.24, 2.45) is 0 Å². The molecule has 1 amide bonds. The number of hydrogen-bond acceptors (Lipinski definition) is 3. The van der Waals surface area contributed by atoms with Gasteiger partial charge in [0.1, 0.15) is 5.15 Å². The van der Waals surface area contributed by atoms with Gasteiger partial charge in [0.05, 0.1) is 30.1 Å². The standard InChI is InChI=1S/C20H19ClFN3O2/c1-12(14-9-10-17(27-3)16(22)11-14)23-20(26)18-13(2)24-25(19(18)21)15-7-5-4-6-8-15/h4-12H,1-3H3,(H,23,26). The molecule has 0 aliphatic heterocycles. The van der Waals surface area contributed by atoms with Crippen LogP contribution in [0.15, 0.2) is 48.5 Å². The van der Waals surface area contributed by atoms with Crippen molar-refractivity contribution in [1.29, 1.82) is 0 Å². The van der Waals surface area contributed by atoms with Crippen molar-refractivity contribution in [2.45, 2.75) is 19.9 Å². The lowest BCUT2D eigenvalue weighted by atomic mass is 10.1. The average molecular weight is 388 g/mol. The summed E-state index contributed by atoms with van der Waals surface area (Å²) in [6.45, 7) is 3.49. The smallest absolute Gasteiger partial charge is 0.256 e. The summed E-state index contributed by atoms with van der Waals surface area (Å²) in [5, 5.41) is 7.43. The lowest BCUT2D eigenvalue weighted by Gasteiger charge is -2.15. The maximum Gasteiger partial charge on any atom is 0.256 e. The number of rotatable bonds is 5. The minimum Gasteiger partial charge on any atom is -0.494 e. The normalized spacial score (nSPS) is 11.9. The van der Waals surface area contributed by atoms with Gasteiger partial charge in [-0.05, 0) is 43.7 Å². The number of halogens is 2. The molecule has 0 fully saturated rings. The van der Waals surface area contributed by atoms with Crippen molar-refractivity contribution in [3.63, 3.8) is 0 Å². The van der Waals surface area contributed by atoms with Gasteiger partial charge >= 0.3 is 0 Å². The second-order valence-corrected chi connectivity index (χ2v) is 6.45. The van der Waals surface area contributed by atoms with Crippen LogP contribution in [0.2, 0.25) is 5.15 Å². The van der Waals surface area contributed by atoms with Crippen LogP contribution in [0.3, 0.4) is 0 Å². The molecular weight excluding hydrogens is 369 g/mol. The van der Waals surface area contributed by atoms with Crippen LogP contribution in [-0.2, 0) is 0 Å². The lowest BCUT2D eigenvalue weighted by Crippen LogP contribution is -2.27. The van der Waals surface area contributed by atoms with Gasteiger partial charge in [-0.3, -0.25) is 4.79 Å². The molecule has 2 aromatic carbocycles. The summed E-state index contributed by atoms with van der Waals surface area (Å²) in [5.41, 5.74) is 2.18. The summed E-state index contributed by atoms with van der Waals surface area (Å²) in [4.78, 5) is 12.8. The Balaban J connectivity index is 1.84. The molecule has 1 atom stereocenters. The van der Waals surface area contributed by atoms with Gasteiger partial charge in [-0.15, -0.1) is 0 Å². The Morgan fingerprint density at radius 3 is 2.59 bits per heavy atom. The molecule has 1 heterocycles. The van der Waals surface area contributed by atoms with Crippen molar-refractivity contribution in [2.75, 3.05) is 7.11 Å². The van der Waals surface area contributed by atoms with Crippen LogP contribution in [0.25, 0.3) is 5.69 Å². The Hall–Kier alpha value is -2.86. The molecule has 7 heteroatoms. The van der Waals surface area contributed by atoms with Gasteiger partial charge in [0, 0.05) is 0 Å². The monoisotopic (exact) mass is 387 g/mol. The quantitative estimate of drug-likeness (QED) is 0.702. The third-order valence-corrected chi connectivity index (χ3v) is 4.60. The number of ether oxygens (including phenoxy) is 1. The van der Waals surface area contributed by atoms with E-state index in [-0.39, 0.29) is 16.8 Å². The van der Waals surface area contributed by atoms with E-state index in [1.807, 2.05) is 30.3 Å². The number of nitrogens with zero attached hydrogens (tertiary/aromatic N) is 2. The first kappa shape index (κ1) is 18.9. The Kier molecular flexibility index (Phi) is 5.46. The molecule has 1 aromatic heterocycles. The van der Waals surface area contributed by atoms with Crippen LogP contribution in [0.1, 0.15) is 34.6 Å². The van der Waals surface area contributed by atoms with E-state index < -0.39 is 11.9 Å². The largest absolute Gasteiger partial charge is 0.494 e. The molecule has 3 aromatic rings. The predicted molar refractivity (Wildman–Crippen MR) is 102 cm³/mol. The zero-order valence-electron chi connectivity index (χ0n) is 15.2. The second kappa shape index (κ2) is 7.80. The Bertz CT molecular complexity index is 973. The minimum atomic E-state index is -0.484. The van der Waals surface area contributed by atoms with Crippen molar-refractivity contribution in [3.8, 4) is 11.4 Å². The molecule has 0 radical (unpaired) electrons. The first-order valence-corrected chi connectivity index (χ1v) is 8.75. The third kappa shape index (κ3) is 3.80. The number of carbonyl (C=O) groups excluding carboxylic acids is 1. The highest BCUT2D eigenvalue weighted by molar-refractivity contribution is 6.33. The van der Waals surface area contributed by atoms with E-state index in [1.54, 1.807) is 19.9 Å². The van der Waals surface area contributed by atoms with Gasteiger partial charge in [0.2, 0.25) is 0 Å². The molecule has 5 nitrogen and oxygen atoms in total. The van der Waals surface area contributed by atoms with E-state index in [0.717, 1.165) is 5.69 Å². The average Bonchev–Trinajstić information content (AvgIpc) is 2.96. The van der Waals surface area contributed by atoms with E-state index >= 15 is 0 Å². The van der Waals surface area contributed by atoms with Crippen LogP contribution in [-0.4, -0.2) is 22.8 Å². The van der Waals surface area contributed by atoms with E-state index in [4.69, 9.17) is 16.3 Å². The summed E-state index contributed by atoms with van der Waals surface area (Å²) in [7, 11) is 1.40. The highest BCUT2D eigenvalue weighted by Crippen LogP contribution is 2.25. The Labute approximate surface area is 161 Å². The molecule has 140 valence electrons. The highest BCUT2D eigenvalue weighted by atomic mass is 35.5. The van der Waals surface area contributed by atoms with Gasteiger partial charge < -0.3 is 10.1 Å². The van der Waals surface area contributed by atoms with E-state index in [2.05, 4.69) is 10.4 Å². The van der Waals surface area contributed by atoms with Crippen molar-refractivity contribution in [3.05, 3.63) is 76.3 Å². The van der Waals surface area contributed by atoms with E-state index in [9.17, 15) is 9.18 Å². The van der Waals surface area contributed by atoms with Gasteiger partial charge in [-0.25, -0.2) is 9.07 Å².